The third-order valence-corrected chi connectivity index (χ3v) is 6.55. The van der Waals surface area contributed by atoms with Crippen molar-refractivity contribution in [3.63, 3.8) is 0 Å². The summed E-state index contributed by atoms with van der Waals surface area (Å²) in [5.74, 6) is -0.0149. The van der Waals surface area contributed by atoms with E-state index in [1.54, 1.807) is 36.4 Å². The van der Waals surface area contributed by atoms with Gasteiger partial charge in [-0.15, -0.1) is 10.2 Å². The number of aromatic nitrogens is 2. The Bertz CT molecular complexity index is 1090. The van der Waals surface area contributed by atoms with Gasteiger partial charge in [-0.3, -0.25) is 14.9 Å². The van der Waals surface area contributed by atoms with E-state index in [1.165, 1.54) is 11.3 Å². The minimum atomic E-state index is -0.721. The predicted molar refractivity (Wildman–Crippen MR) is 137 cm³/mol. The Hall–Kier alpha value is -2.97. The van der Waals surface area contributed by atoms with Crippen LogP contribution in [0.15, 0.2) is 48.5 Å². The number of carbonyl (C=O) groups is 2. The molecule has 2 aromatic carbocycles. The largest absolute Gasteiger partial charge is 0.494 e. The van der Waals surface area contributed by atoms with E-state index in [4.69, 9.17) is 16.3 Å². The zero-order valence-corrected chi connectivity index (χ0v) is 21.1. The molecule has 2 amide bonds. The van der Waals surface area contributed by atoms with Crippen LogP contribution < -0.4 is 15.4 Å². The van der Waals surface area contributed by atoms with Crippen molar-refractivity contribution in [2.24, 2.45) is 5.92 Å². The number of benzene rings is 2. The summed E-state index contributed by atoms with van der Waals surface area (Å²) in [5, 5.41) is 15.6. The lowest BCUT2D eigenvalue weighted by atomic mass is 9.98. The summed E-state index contributed by atoms with van der Waals surface area (Å²) in [6, 6.07) is 13.4. The first-order valence-electron chi connectivity index (χ1n) is 11.3. The van der Waals surface area contributed by atoms with Gasteiger partial charge in [-0.25, -0.2) is 0 Å². The maximum atomic E-state index is 13.0. The van der Waals surface area contributed by atoms with Gasteiger partial charge in [0.15, 0.2) is 0 Å². The van der Waals surface area contributed by atoms with E-state index in [9.17, 15) is 9.59 Å². The Morgan fingerprint density at radius 1 is 1.06 bits per heavy atom. The normalized spacial score (nSPS) is 12.6. The maximum Gasteiger partial charge on any atom is 0.251 e. The van der Waals surface area contributed by atoms with Crippen molar-refractivity contribution in [2.75, 3.05) is 11.9 Å². The number of carbonyl (C=O) groups excluding carboxylic acids is 2. The lowest BCUT2D eigenvalue weighted by Gasteiger charge is -2.23. The fourth-order valence-corrected chi connectivity index (χ4v) is 4.01. The molecule has 0 unspecified atom stereocenters. The highest BCUT2D eigenvalue weighted by atomic mass is 35.5. The van der Waals surface area contributed by atoms with Gasteiger partial charge in [-0.05, 0) is 48.7 Å². The molecule has 9 heteroatoms. The highest BCUT2D eigenvalue weighted by molar-refractivity contribution is 7.18. The van der Waals surface area contributed by atoms with Gasteiger partial charge in [0.05, 0.1) is 6.61 Å². The summed E-state index contributed by atoms with van der Waals surface area (Å²) in [5.41, 5.74) is 1.32. The van der Waals surface area contributed by atoms with E-state index in [0.29, 0.717) is 39.5 Å². The molecule has 34 heavy (non-hydrogen) atoms. The van der Waals surface area contributed by atoms with Crippen LogP contribution in [0.3, 0.4) is 0 Å². The number of nitrogens with one attached hydrogen (secondary N) is 2. The third kappa shape index (κ3) is 7.01. The van der Waals surface area contributed by atoms with Crippen molar-refractivity contribution in [3.8, 4) is 16.3 Å². The van der Waals surface area contributed by atoms with Gasteiger partial charge < -0.3 is 10.1 Å². The van der Waals surface area contributed by atoms with Gasteiger partial charge in [0.2, 0.25) is 11.0 Å². The number of unbranched alkanes of at least 4 members (excludes halogenated alkanes) is 1. The Morgan fingerprint density at radius 3 is 2.41 bits per heavy atom. The van der Waals surface area contributed by atoms with Crippen LogP contribution in [-0.4, -0.2) is 34.7 Å². The number of ether oxygens (including phenoxy) is 1. The number of hydrogen-bond acceptors (Lipinski definition) is 6. The summed E-state index contributed by atoms with van der Waals surface area (Å²) in [4.78, 5) is 25.9. The average molecular weight is 501 g/mol. The Labute approximate surface area is 208 Å². The van der Waals surface area contributed by atoms with Crippen molar-refractivity contribution < 1.29 is 14.3 Å². The first-order chi connectivity index (χ1) is 16.4. The molecule has 0 saturated heterocycles. The van der Waals surface area contributed by atoms with Crippen LogP contribution in [0, 0.1) is 5.92 Å². The molecule has 0 radical (unpaired) electrons. The summed E-state index contributed by atoms with van der Waals surface area (Å²) < 4.78 is 5.65. The van der Waals surface area contributed by atoms with Crippen molar-refractivity contribution in [3.05, 3.63) is 59.1 Å². The van der Waals surface area contributed by atoms with Crippen molar-refractivity contribution in [1.29, 1.82) is 0 Å². The first-order valence-corrected chi connectivity index (χ1v) is 12.5. The Kier molecular flexibility index (Phi) is 9.42. The summed E-state index contributed by atoms with van der Waals surface area (Å²) >= 11 is 7.20. The van der Waals surface area contributed by atoms with Gasteiger partial charge in [-0.2, -0.15) is 0 Å². The van der Waals surface area contributed by atoms with Crippen LogP contribution in [0.2, 0.25) is 5.02 Å². The minimum Gasteiger partial charge on any atom is -0.494 e. The second-order valence-corrected chi connectivity index (χ2v) is 9.39. The molecular weight excluding hydrogens is 472 g/mol. The number of hydrogen-bond donors (Lipinski definition) is 2. The SMILES string of the molecule is CCCCOc1ccc(C(=O)N[C@H](C(=O)Nc2nnc(-c3ccc(Cl)cc3)s2)[C@@H](C)CC)cc1. The highest BCUT2D eigenvalue weighted by Crippen LogP contribution is 2.27. The monoisotopic (exact) mass is 500 g/mol. The van der Waals surface area contributed by atoms with Crippen LogP contribution in [-0.2, 0) is 4.79 Å². The molecule has 1 heterocycles. The zero-order chi connectivity index (χ0) is 24.5. The van der Waals surface area contributed by atoms with Gasteiger partial charge in [0.25, 0.3) is 5.91 Å². The number of nitrogens with zero attached hydrogens (tertiary/aromatic N) is 2. The number of anilines is 1. The molecule has 0 spiro atoms. The third-order valence-electron chi connectivity index (χ3n) is 5.41. The molecule has 1 aromatic heterocycles. The maximum absolute atomic E-state index is 13.0. The van der Waals surface area contributed by atoms with Crippen LogP contribution >= 0.6 is 22.9 Å². The quantitative estimate of drug-likeness (QED) is 0.323. The molecule has 180 valence electrons. The lowest BCUT2D eigenvalue weighted by Crippen LogP contribution is -2.47. The molecule has 0 aliphatic carbocycles. The van der Waals surface area contributed by atoms with E-state index in [1.807, 2.05) is 26.0 Å². The zero-order valence-electron chi connectivity index (χ0n) is 19.5. The smallest absolute Gasteiger partial charge is 0.251 e. The van der Waals surface area contributed by atoms with Gasteiger partial charge in [0.1, 0.15) is 16.8 Å². The fraction of sp³-hybridized carbons (Fsp3) is 0.360. The molecule has 0 saturated carbocycles. The van der Waals surface area contributed by atoms with Crippen molar-refractivity contribution in [1.82, 2.24) is 15.5 Å². The molecule has 0 aliphatic heterocycles. The Morgan fingerprint density at radius 2 is 1.76 bits per heavy atom. The molecule has 3 aromatic rings. The Balaban J connectivity index is 1.65. The van der Waals surface area contributed by atoms with Crippen molar-refractivity contribution in [2.45, 2.75) is 46.1 Å². The van der Waals surface area contributed by atoms with Crippen LogP contribution in [0.25, 0.3) is 10.6 Å². The van der Waals surface area contributed by atoms with E-state index in [0.717, 1.165) is 18.4 Å². The van der Waals surface area contributed by atoms with Gasteiger partial charge >= 0.3 is 0 Å². The van der Waals surface area contributed by atoms with E-state index in [-0.39, 0.29) is 17.7 Å². The highest BCUT2D eigenvalue weighted by Gasteiger charge is 2.27. The second kappa shape index (κ2) is 12.5. The number of amides is 2. The molecule has 2 atom stereocenters. The first kappa shape index (κ1) is 25.6. The van der Waals surface area contributed by atoms with Crippen LogP contribution in [0.4, 0.5) is 5.13 Å². The van der Waals surface area contributed by atoms with E-state index in [2.05, 4.69) is 27.8 Å². The van der Waals surface area contributed by atoms with Crippen LogP contribution in [0.5, 0.6) is 5.75 Å². The van der Waals surface area contributed by atoms with Gasteiger partial charge in [0, 0.05) is 16.1 Å². The lowest BCUT2D eigenvalue weighted by molar-refractivity contribution is -0.119. The molecule has 0 fully saturated rings. The van der Waals surface area contributed by atoms with Crippen LogP contribution in [0.1, 0.15) is 50.4 Å². The van der Waals surface area contributed by atoms with E-state index >= 15 is 0 Å². The number of halogens is 1. The summed E-state index contributed by atoms with van der Waals surface area (Å²) in [6.45, 7) is 6.64. The summed E-state index contributed by atoms with van der Waals surface area (Å²) in [6.07, 6.45) is 2.75. The molecule has 0 aliphatic rings. The minimum absolute atomic E-state index is 0.0794. The standard InChI is InChI=1S/C25H29ClN4O3S/c1-4-6-15-33-20-13-9-17(10-14-20)22(31)27-21(16(3)5-2)23(32)28-25-30-29-24(34-25)18-7-11-19(26)12-8-18/h7-14,16,21H,4-6,15H2,1-3H3,(H,27,31)(H,28,30,32)/t16-,21-/m0/s1. The molecular formula is C25H29ClN4O3S. The van der Waals surface area contributed by atoms with Gasteiger partial charge in [-0.1, -0.05) is 68.7 Å². The molecule has 0 bridgehead atoms. The second-order valence-electron chi connectivity index (χ2n) is 7.97. The predicted octanol–water partition coefficient (Wildman–Crippen LogP) is 5.82. The molecule has 3 rings (SSSR count). The average Bonchev–Trinajstić information content (AvgIpc) is 3.31. The molecule has 7 nitrogen and oxygen atoms in total. The topological polar surface area (TPSA) is 93.2 Å². The van der Waals surface area contributed by atoms with Crippen molar-refractivity contribution >= 4 is 39.9 Å². The fourth-order valence-electron chi connectivity index (χ4n) is 3.13. The van der Waals surface area contributed by atoms with E-state index < -0.39 is 6.04 Å². The summed E-state index contributed by atoms with van der Waals surface area (Å²) in [7, 11) is 0. The molecule has 2 N–H and O–H groups in total. The number of rotatable bonds is 11.